The van der Waals surface area contributed by atoms with Crippen LogP contribution in [0.15, 0.2) is 24.3 Å². The van der Waals surface area contributed by atoms with Crippen molar-refractivity contribution in [3.8, 4) is 0 Å². The fraction of sp³-hybridized carbons (Fsp3) is 0.562. The number of amides is 1. The molecule has 4 heteroatoms. The van der Waals surface area contributed by atoms with Gasteiger partial charge in [0.1, 0.15) is 0 Å². The van der Waals surface area contributed by atoms with Gasteiger partial charge in [-0.1, -0.05) is 31.2 Å². The summed E-state index contributed by atoms with van der Waals surface area (Å²) in [7, 11) is 0. The van der Waals surface area contributed by atoms with Gasteiger partial charge < -0.3 is 15.3 Å². The van der Waals surface area contributed by atoms with Crippen LogP contribution in [0.3, 0.4) is 0 Å². The van der Waals surface area contributed by atoms with Crippen LogP contribution in [0.25, 0.3) is 0 Å². The van der Waals surface area contributed by atoms with Gasteiger partial charge in [0.25, 0.3) is 0 Å². The van der Waals surface area contributed by atoms with Crippen LogP contribution >= 0.6 is 0 Å². The summed E-state index contributed by atoms with van der Waals surface area (Å²) in [6, 6.07) is 8.15. The molecule has 2 heterocycles. The lowest BCUT2D eigenvalue weighted by atomic mass is 9.88. The minimum absolute atomic E-state index is 0.111. The van der Waals surface area contributed by atoms with Crippen molar-refractivity contribution in [2.75, 3.05) is 19.6 Å². The van der Waals surface area contributed by atoms with Crippen LogP contribution in [0.5, 0.6) is 0 Å². The van der Waals surface area contributed by atoms with Gasteiger partial charge in [0.2, 0.25) is 5.91 Å². The number of rotatable bonds is 1. The van der Waals surface area contributed by atoms with E-state index in [-0.39, 0.29) is 23.8 Å². The summed E-state index contributed by atoms with van der Waals surface area (Å²) in [6.45, 7) is 4.80. The first-order valence-electron chi connectivity index (χ1n) is 7.42. The third-order valence-corrected chi connectivity index (χ3v) is 4.62. The molecule has 2 aliphatic heterocycles. The maximum atomic E-state index is 12.7. The quantitative estimate of drug-likeness (QED) is 0.806. The van der Waals surface area contributed by atoms with Gasteiger partial charge in [0.05, 0.1) is 12.0 Å². The molecule has 2 aliphatic rings. The predicted molar refractivity (Wildman–Crippen MR) is 77.3 cm³/mol. The lowest BCUT2D eigenvalue weighted by Gasteiger charge is -2.37. The molecule has 3 atom stereocenters. The highest BCUT2D eigenvalue weighted by molar-refractivity contribution is 5.85. The third kappa shape index (κ3) is 2.45. The van der Waals surface area contributed by atoms with Crippen LogP contribution in [-0.4, -0.2) is 41.7 Å². The third-order valence-electron chi connectivity index (χ3n) is 4.62. The van der Waals surface area contributed by atoms with Gasteiger partial charge >= 0.3 is 0 Å². The number of hydrogen-bond donors (Lipinski definition) is 2. The molecule has 1 aromatic rings. The summed E-state index contributed by atoms with van der Waals surface area (Å²) < 4.78 is 0. The lowest BCUT2D eigenvalue weighted by molar-refractivity contribution is -0.137. The molecule has 0 spiro atoms. The molecule has 1 aromatic carbocycles. The molecule has 2 N–H and O–H groups in total. The Morgan fingerprint density at radius 2 is 2.20 bits per heavy atom. The normalized spacial score (nSPS) is 29.9. The zero-order chi connectivity index (χ0) is 14.1. The Balaban J connectivity index is 1.78. The highest BCUT2D eigenvalue weighted by Gasteiger charge is 2.33. The summed E-state index contributed by atoms with van der Waals surface area (Å²) in [6.07, 6.45) is 0.494. The second-order valence-corrected chi connectivity index (χ2v) is 6.00. The molecule has 0 radical (unpaired) electrons. The van der Waals surface area contributed by atoms with Crippen molar-refractivity contribution < 1.29 is 9.90 Å². The number of β-amino-alcohol motifs (C(OH)–C–C–N with tert-alkyl or cyclic N) is 1. The number of aliphatic hydroxyl groups is 1. The largest absolute Gasteiger partial charge is 0.391 e. The molecule has 1 fully saturated rings. The first-order chi connectivity index (χ1) is 9.66. The van der Waals surface area contributed by atoms with E-state index in [1.807, 2.05) is 24.0 Å². The van der Waals surface area contributed by atoms with Crippen LogP contribution in [-0.2, 0) is 11.3 Å². The molecule has 3 unspecified atom stereocenters. The smallest absolute Gasteiger partial charge is 0.231 e. The van der Waals surface area contributed by atoms with E-state index in [0.29, 0.717) is 13.1 Å². The Hall–Kier alpha value is -1.39. The average Bonchev–Trinajstić information content (AvgIpc) is 2.49. The zero-order valence-corrected chi connectivity index (χ0v) is 11.9. The monoisotopic (exact) mass is 274 g/mol. The van der Waals surface area contributed by atoms with Gasteiger partial charge in [-0.05, 0) is 23.5 Å². The lowest BCUT2D eigenvalue weighted by Crippen LogP contribution is -2.49. The van der Waals surface area contributed by atoms with Crippen molar-refractivity contribution in [1.29, 1.82) is 0 Å². The molecule has 20 heavy (non-hydrogen) atoms. The SMILES string of the molecule is CC1CCN(C(=O)C2CNCc3ccccc32)CC1O. The Kier molecular flexibility index (Phi) is 3.76. The van der Waals surface area contributed by atoms with Gasteiger partial charge in [-0.2, -0.15) is 0 Å². The van der Waals surface area contributed by atoms with Gasteiger partial charge in [-0.3, -0.25) is 4.79 Å². The molecular formula is C16H22N2O2. The minimum Gasteiger partial charge on any atom is -0.391 e. The van der Waals surface area contributed by atoms with Gasteiger partial charge in [0.15, 0.2) is 0 Å². The summed E-state index contributed by atoms with van der Waals surface area (Å²) in [5.74, 6) is 0.326. The van der Waals surface area contributed by atoms with Crippen molar-refractivity contribution in [3.05, 3.63) is 35.4 Å². The Morgan fingerprint density at radius 1 is 1.40 bits per heavy atom. The van der Waals surface area contributed by atoms with Crippen molar-refractivity contribution in [1.82, 2.24) is 10.2 Å². The zero-order valence-electron chi connectivity index (χ0n) is 11.9. The predicted octanol–water partition coefficient (Wildman–Crippen LogP) is 1.10. The second kappa shape index (κ2) is 5.54. The number of benzene rings is 1. The number of carbonyl (C=O) groups is 1. The molecule has 0 saturated carbocycles. The molecule has 0 aliphatic carbocycles. The van der Waals surface area contributed by atoms with Crippen molar-refractivity contribution >= 4 is 5.91 Å². The van der Waals surface area contributed by atoms with Crippen LogP contribution in [0.1, 0.15) is 30.4 Å². The number of hydrogen-bond acceptors (Lipinski definition) is 3. The fourth-order valence-corrected chi connectivity index (χ4v) is 3.19. The van der Waals surface area contributed by atoms with E-state index < -0.39 is 0 Å². The molecule has 1 amide bonds. The second-order valence-electron chi connectivity index (χ2n) is 6.00. The van der Waals surface area contributed by atoms with E-state index >= 15 is 0 Å². The van der Waals surface area contributed by atoms with Gasteiger partial charge in [-0.25, -0.2) is 0 Å². The molecule has 4 nitrogen and oxygen atoms in total. The fourth-order valence-electron chi connectivity index (χ4n) is 3.19. The Labute approximate surface area is 119 Å². The Morgan fingerprint density at radius 3 is 3.00 bits per heavy atom. The van der Waals surface area contributed by atoms with Crippen LogP contribution < -0.4 is 5.32 Å². The summed E-state index contributed by atoms with van der Waals surface area (Å²) >= 11 is 0. The highest BCUT2D eigenvalue weighted by atomic mass is 16.3. The molecule has 0 aromatic heterocycles. The minimum atomic E-state index is -0.389. The van der Waals surface area contributed by atoms with E-state index in [0.717, 1.165) is 25.1 Å². The highest BCUT2D eigenvalue weighted by Crippen LogP contribution is 2.27. The molecule has 3 rings (SSSR count). The van der Waals surface area contributed by atoms with E-state index in [2.05, 4.69) is 17.4 Å². The van der Waals surface area contributed by atoms with Gasteiger partial charge in [0, 0.05) is 26.2 Å². The van der Waals surface area contributed by atoms with Crippen molar-refractivity contribution in [3.63, 3.8) is 0 Å². The van der Waals surface area contributed by atoms with E-state index in [1.54, 1.807) is 0 Å². The van der Waals surface area contributed by atoms with Crippen LogP contribution in [0, 0.1) is 5.92 Å². The standard InChI is InChI=1S/C16H22N2O2/c1-11-6-7-18(10-15(11)19)16(20)14-9-17-8-12-4-2-3-5-13(12)14/h2-5,11,14-15,17,19H,6-10H2,1H3. The van der Waals surface area contributed by atoms with E-state index in [1.165, 1.54) is 5.56 Å². The van der Waals surface area contributed by atoms with E-state index in [9.17, 15) is 9.90 Å². The number of fused-ring (bicyclic) bond motifs is 1. The van der Waals surface area contributed by atoms with E-state index in [4.69, 9.17) is 0 Å². The average molecular weight is 274 g/mol. The summed E-state index contributed by atoms with van der Waals surface area (Å²) in [5, 5.41) is 13.3. The maximum Gasteiger partial charge on any atom is 0.231 e. The van der Waals surface area contributed by atoms with Crippen LogP contribution in [0.2, 0.25) is 0 Å². The van der Waals surface area contributed by atoms with Crippen molar-refractivity contribution in [2.45, 2.75) is 31.9 Å². The Bertz CT molecular complexity index is 503. The van der Waals surface area contributed by atoms with Gasteiger partial charge in [-0.15, -0.1) is 0 Å². The van der Waals surface area contributed by atoms with Crippen molar-refractivity contribution in [2.24, 2.45) is 5.92 Å². The molecule has 1 saturated heterocycles. The number of nitrogens with zero attached hydrogens (tertiary/aromatic N) is 1. The summed E-state index contributed by atoms with van der Waals surface area (Å²) in [5.41, 5.74) is 2.35. The topological polar surface area (TPSA) is 52.6 Å². The number of nitrogens with one attached hydrogen (secondary N) is 1. The molecule has 0 bridgehead atoms. The van der Waals surface area contributed by atoms with Crippen LogP contribution in [0.4, 0.5) is 0 Å². The first-order valence-corrected chi connectivity index (χ1v) is 7.42. The molecule has 108 valence electrons. The number of aliphatic hydroxyl groups excluding tert-OH is 1. The summed E-state index contributed by atoms with van der Waals surface area (Å²) in [4.78, 5) is 14.6. The molecular weight excluding hydrogens is 252 g/mol. The number of likely N-dealkylation sites (tertiary alicyclic amines) is 1. The number of piperidine rings is 1. The first kappa shape index (κ1) is 13.6. The number of carbonyl (C=O) groups excluding carboxylic acids is 1. The maximum absolute atomic E-state index is 12.7.